The third-order valence-corrected chi connectivity index (χ3v) is 2.28. The summed E-state index contributed by atoms with van der Waals surface area (Å²) in [6, 6.07) is 0. The van der Waals surface area contributed by atoms with Crippen LogP contribution in [0.2, 0.25) is 0 Å². The van der Waals surface area contributed by atoms with Crippen LogP contribution in [0.15, 0.2) is 12.5 Å². The van der Waals surface area contributed by atoms with E-state index in [1.54, 1.807) is 6.33 Å². The van der Waals surface area contributed by atoms with Crippen LogP contribution in [0.1, 0.15) is 19.4 Å². The van der Waals surface area contributed by atoms with Crippen molar-refractivity contribution < 1.29 is 0 Å². The Balaban J connectivity index is 2.62. The molecule has 2 heterocycles. The summed E-state index contributed by atoms with van der Waals surface area (Å²) in [5.41, 5.74) is 2.17. The lowest BCUT2D eigenvalue weighted by Crippen LogP contribution is -2.00. The first-order valence-electron chi connectivity index (χ1n) is 4.91. The number of aryl methyl sites for hydroxylation is 1. The van der Waals surface area contributed by atoms with Gasteiger partial charge in [0.1, 0.15) is 17.8 Å². The van der Waals surface area contributed by atoms with Gasteiger partial charge in [0.05, 0.1) is 5.39 Å². The lowest BCUT2D eigenvalue weighted by atomic mass is 10.2. The molecular weight excluding hydrogens is 176 g/mol. The fraction of sp³-hybridized carbons (Fsp3) is 0.400. The lowest BCUT2D eigenvalue weighted by Gasteiger charge is -2.03. The van der Waals surface area contributed by atoms with Gasteiger partial charge in [-0.1, -0.05) is 6.92 Å². The topological polar surface area (TPSA) is 53.6 Å². The highest BCUT2D eigenvalue weighted by Gasteiger charge is 2.08. The second-order valence-electron chi connectivity index (χ2n) is 3.14. The van der Waals surface area contributed by atoms with Crippen LogP contribution < -0.4 is 5.32 Å². The maximum Gasteiger partial charge on any atom is 0.143 e. The van der Waals surface area contributed by atoms with Gasteiger partial charge in [-0.25, -0.2) is 9.97 Å². The summed E-state index contributed by atoms with van der Waals surface area (Å²) in [6.45, 7) is 5.07. The molecule has 2 rings (SSSR count). The van der Waals surface area contributed by atoms with Gasteiger partial charge in [0.15, 0.2) is 0 Å². The fourth-order valence-corrected chi connectivity index (χ4v) is 1.61. The summed E-state index contributed by atoms with van der Waals surface area (Å²) in [5.74, 6) is 0.926. The molecule has 2 N–H and O–H groups in total. The van der Waals surface area contributed by atoms with Crippen LogP contribution in [-0.2, 0) is 6.42 Å². The zero-order valence-electron chi connectivity index (χ0n) is 8.46. The number of H-pyrrole nitrogens is 1. The van der Waals surface area contributed by atoms with Crippen LogP contribution in [0.4, 0.5) is 5.82 Å². The normalized spacial score (nSPS) is 10.7. The number of anilines is 1. The van der Waals surface area contributed by atoms with Crippen molar-refractivity contribution in [3.63, 3.8) is 0 Å². The number of fused-ring (bicyclic) bond motifs is 1. The van der Waals surface area contributed by atoms with Gasteiger partial charge < -0.3 is 10.3 Å². The molecule has 0 aliphatic rings. The maximum atomic E-state index is 4.24. The SMILES string of the molecule is CCNc1ncnc2[nH]cc(CC)c12. The standard InChI is InChI=1S/C10H14N4/c1-3-7-5-12-10-8(7)9(11-4-2)13-6-14-10/h5-6H,3-4H2,1-2H3,(H2,11,12,13,14). The molecule has 4 nitrogen and oxygen atoms in total. The predicted octanol–water partition coefficient (Wildman–Crippen LogP) is 1.95. The van der Waals surface area contributed by atoms with E-state index in [-0.39, 0.29) is 0 Å². The highest BCUT2D eigenvalue weighted by Crippen LogP contribution is 2.23. The van der Waals surface area contributed by atoms with Crippen LogP contribution in [0.3, 0.4) is 0 Å². The van der Waals surface area contributed by atoms with Gasteiger partial charge in [-0.05, 0) is 18.9 Å². The van der Waals surface area contributed by atoms with E-state index in [1.165, 1.54) is 5.56 Å². The van der Waals surface area contributed by atoms with Crippen LogP contribution in [0, 0.1) is 0 Å². The molecule has 0 atom stereocenters. The molecule has 0 aliphatic heterocycles. The Hall–Kier alpha value is -1.58. The van der Waals surface area contributed by atoms with E-state index in [2.05, 4.69) is 34.1 Å². The van der Waals surface area contributed by atoms with Crippen LogP contribution >= 0.6 is 0 Å². The van der Waals surface area contributed by atoms with Gasteiger partial charge in [0, 0.05) is 12.7 Å². The minimum absolute atomic E-state index is 0.875. The number of nitrogens with one attached hydrogen (secondary N) is 2. The van der Waals surface area contributed by atoms with Gasteiger partial charge in [-0.15, -0.1) is 0 Å². The first kappa shape index (κ1) is 8.99. The van der Waals surface area contributed by atoms with Crippen molar-refractivity contribution in [3.8, 4) is 0 Å². The van der Waals surface area contributed by atoms with Gasteiger partial charge in [-0.2, -0.15) is 0 Å². The average molecular weight is 190 g/mol. The molecule has 0 amide bonds. The van der Waals surface area contributed by atoms with E-state index in [4.69, 9.17) is 0 Å². The first-order chi connectivity index (χ1) is 6.86. The molecule has 0 saturated heterocycles. The van der Waals surface area contributed by atoms with Crippen LogP contribution in [-0.4, -0.2) is 21.5 Å². The number of aromatic nitrogens is 3. The number of rotatable bonds is 3. The molecule has 0 fully saturated rings. The summed E-state index contributed by atoms with van der Waals surface area (Å²) in [4.78, 5) is 11.6. The average Bonchev–Trinajstić information content (AvgIpc) is 2.62. The van der Waals surface area contributed by atoms with Crippen molar-refractivity contribution in [2.24, 2.45) is 0 Å². The quantitative estimate of drug-likeness (QED) is 0.777. The van der Waals surface area contributed by atoms with E-state index >= 15 is 0 Å². The lowest BCUT2D eigenvalue weighted by molar-refractivity contribution is 1.13. The largest absolute Gasteiger partial charge is 0.370 e. The zero-order chi connectivity index (χ0) is 9.97. The van der Waals surface area contributed by atoms with Crippen molar-refractivity contribution in [3.05, 3.63) is 18.1 Å². The summed E-state index contributed by atoms with van der Waals surface area (Å²) in [5, 5.41) is 4.36. The third kappa shape index (κ3) is 1.32. The van der Waals surface area contributed by atoms with Gasteiger partial charge in [0.2, 0.25) is 0 Å². The third-order valence-electron chi connectivity index (χ3n) is 2.28. The van der Waals surface area contributed by atoms with Crippen molar-refractivity contribution >= 4 is 16.9 Å². The van der Waals surface area contributed by atoms with E-state index in [9.17, 15) is 0 Å². The summed E-state index contributed by atoms with van der Waals surface area (Å²) < 4.78 is 0. The number of nitrogens with zero attached hydrogens (tertiary/aromatic N) is 2. The molecule has 14 heavy (non-hydrogen) atoms. The molecule has 2 aromatic rings. The Morgan fingerprint density at radius 2 is 2.21 bits per heavy atom. The zero-order valence-corrected chi connectivity index (χ0v) is 8.46. The number of aromatic amines is 1. The molecule has 74 valence electrons. The Bertz CT molecular complexity index is 433. The molecule has 0 aliphatic carbocycles. The molecule has 0 saturated carbocycles. The van der Waals surface area contributed by atoms with Gasteiger partial charge >= 0.3 is 0 Å². The molecule has 0 spiro atoms. The van der Waals surface area contributed by atoms with Crippen LogP contribution in [0.25, 0.3) is 11.0 Å². The smallest absolute Gasteiger partial charge is 0.143 e. The highest BCUT2D eigenvalue weighted by atomic mass is 15.0. The Morgan fingerprint density at radius 1 is 1.36 bits per heavy atom. The monoisotopic (exact) mass is 190 g/mol. The minimum Gasteiger partial charge on any atom is -0.370 e. The second-order valence-corrected chi connectivity index (χ2v) is 3.14. The summed E-state index contributed by atoms with van der Waals surface area (Å²) in [6.07, 6.45) is 4.57. The van der Waals surface area contributed by atoms with Crippen molar-refractivity contribution in [2.75, 3.05) is 11.9 Å². The van der Waals surface area contributed by atoms with Gasteiger partial charge in [0.25, 0.3) is 0 Å². The van der Waals surface area contributed by atoms with Crippen molar-refractivity contribution in [2.45, 2.75) is 20.3 Å². The maximum absolute atomic E-state index is 4.24. The molecule has 2 aromatic heterocycles. The minimum atomic E-state index is 0.875. The van der Waals surface area contributed by atoms with E-state index in [0.29, 0.717) is 0 Å². The van der Waals surface area contributed by atoms with E-state index in [0.717, 1.165) is 29.8 Å². The van der Waals surface area contributed by atoms with Crippen LogP contribution in [0.5, 0.6) is 0 Å². The summed E-state index contributed by atoms with van der Waals surface area (Å²) >= 11 is 0. The molecule has 0 unspecified atom stereocenters. The molecule has 0 radical (unpaired) electrons. The van der Waals surface area contributed by atoms with Crippen molar-refractivity contribution in [1.29, 1.82) is 0 Å². The fourth-order valence-electron chi connectivity index (χ4n) is 1.61. The predicted molar refractivity (Wildman–Crippen MR) is 57.4 cm³/mol. The molecule has 4 heteroatoms. The second kappa shape index (κ2) is 3.65. The van der Waals surface area contributed by atoms with E-state index in [1.807, 2.05) is 6.20 Å². The molecule has 0 bridgehead atoms. The summed E-state index contributed by atoms with van der Waals surface area (Å²) in [7, 11) is 0. The van der Waals surface area contributed by atoms with Gasteiger partial charge in [-0.3, -0.25) is 0 Å². The van der Waals surface area contributed by atoms with E-state index < -0.39 is 0 Å². The number of hydrogen-bond donors (Lipinski definition) is 2. The highest BCUT2D eigenvalue weighted by molar-refractivity contribution is 5.90. The first-order valence-corrected chi connectivity index (χ1v) is 4.91. The number of hydrogen-bond acceptors (Lipinski definition) is 3. The Kier molecular flexibility index (Phi) is 2.35. The Morgan fingerprint density at radius 3 is 2.93 bits per heavy atom. The molecular formula is C10H14N4. The Labute approximate surface area is 82.8 Å². The molecule has 0 aromatic carbocycles. The van der Waals surface area contributed by atoms with Crippen molar-refractivity contribution in [1.82, 2.24) is 15.0 Å².